The number of amides is 2. The Morgan fingerprint density at radius 1 is 1.47 bits per heavy atom. The minimum Gasteiger partial charge on any atom is -0.341 e. The van der Waals surface area contributed by atoms with Gasteiger partial charge in [-0.1, -0.05) is 0 Å². The molecule has 1 rings (SSSR count). The van der Waals surface area contributed by atoms with Gasteiger partial charge in [-0.3, -0.25) is 9.59 Å². The van der Waals surface area contributed by atoms with Crippen molar-refractivity contribution in [2.24, 2.45) is 0 Å². The number of aryl methyl sites for hydroxylation is 1. The van der Waals surface area contributed by atoms with E-state index >= 15 is 0 Å². The van der Waals surface area contributed by atoms with Gasteiger partial charge in [0.15, 0.2) is 5.82 Å². The summed E-state index contributed by atoms with van der Waals surface area (Å²) in [5, 5.41) is 20.2. The van der Waals surface area contributed by atoms with Gasteiger partial charge >= 0.3 is 11.8 Å². The van der Waals surface area contributed by atoms with Gasteiger partial charge in [0, 0.05) is 6.54 Å². The molecule has 0 aliphatic heterocycles. The van der Waals surface area contributed by atoms with Crippen LogP contribution in [0, 0.1) is 11.3 Å². The molecule has 0 saturated heterocycles. The van der Waals surface area contributed by atoms with Gasteiger partial charge in [-0.25, -0.2) is 0 Å². The van der Waals surface area contributed by atoms with Crippen molar-refractivity contribution in [1.82, 2.24) is 25.4 Å². The van der Waals surface area contributed by atoms with Crippen LogP contribution in [0.25, 0.3) is 0 Å². The number of carbonyl (C=O) groups excluding carboxylic acids is 2. The van der Waals surface area contributed by atoms with Crippen molar-refractivity contribution in [2.75, 3.05) is 6.54 Å². The highest BCUT2D eigenvalue weighted by molar-refractivity contribution is 6.35. The van der Waals surface area contributed by atoms with E-state index in [-0.39, 0.29) is 13.1 Å². The molecule has 1 aromatic rings. The average Bonchev–Trinajstić information content (AvgIpc) is 2.80. The maximum absolute atomic E-state index is 11.3. The molecule has 0 aromatic carbocycles. The predicted octanol–water partition coefficient (Wildman–Crippen LogP) is -1.45. The Hall–Kier alpha value is -2.43. The number of hydrogen-bond donors (Lipinski definition) is 2. The molecule has 90 valence electrons. The molecule has 0 fully saturated rings. The normalized spacial score (nSPS) is 9.41. The average molecular weight is 236 g/mol. The molecule has 0 radical (unpaired) electrons. The van der Waals surface area contributed by atoms with Gasteiger partial charge in [0.2, 0.25) is 0 Å². The zero-order valence-electron chi connectivity index (χ0n) is 9.30. The molecule has 0 saturated carbocycles. The maximum atomic E-state index is 11.3. The lowest BCUT2D eigenvalue weighted by molar-refractivity contribution is -0.139. The fourth-order valence-corrected chi connectivity index (χ4v) is 1.12. The van der Waals surface area contributed by atoms with E-state index in [0.29, 0.717) is 12.4 Å². The smallest absolute Gasteiger partial charge is 0.310 e. The summed E-state index contributed by atoms with van der Waals surface area (Å²) in [6.07, 6.45) is 1.54. The van der Waals surface area contributed by atoms with Crippen LogP contribution in [0.5, 0.6) is 0 Å². The first-order chi connectivity index (χ1) is 8.19. The van der Waals surface area contributed by atoms with Crippen molar-refractivity contribution in [1.29, 1.82) is 5.26 Å². The number of hydrogen-bond acceptors (Lipinski definition) is 5. The molecular formula is C9H12N6O2. The third-order valence-corrected chi connectivity index (χ3v) is 1.98. The van der Waals surface area contributed by atoms with Crippen LogP contribution in [0.4, 0.5) is 0 Å². The maximum Gasteiger partial charge on any atom is 0.310 e. The van der Waals surface area contributed by atoms with Crippen LogP contribution in [-0.2, 0) is 22.7 Å². The van der Waals surface area contributed by atoms with Crippen molar-refractivity contribution in [3.8, 4) is 6.07 Å². The molecule has 0 unspecified atom stereocenters. The lowest BCUT2D eigenvalue weighted by atomic mass is 10.5. The first-order valence-electron chi connectivity index (χ1n) is 4.98. The van der Waals surface area contributed by atoms with Crippen molar-refractivity contribution < 1.29 is 9.59 Å². The van der Waals surface area contributed by atoms with Gasteiger partial charge in [-0.15, -0.1) is 10.2 Å². The SMILES string of the molecule is CCn1cnnc1CNC(=O)C(=O)NCC#N. The Morgan fingerprint density at radius 3 is 2.82 bits per heavy atom. The number of nitrogens with zero attached hydrogens (tertiary/aromatic N) is 4. The fraction of sp³-hybridized carbons (Fsp3) is 0.444. The standard InChI is InChI=1S/C9H12N6O2/c1-2-15-6-13-14-7(15)5-12-9(17)8(16)11-4-3-10/h6H,2,4-5H2,1H3,(H,11,16)(H,12,17). The summed E-state index contributed by atoms with van der Waals surface area (Å²) in [6.45, 7) is 2.51. The second-order valence-corrected chi connectivity index (χ2v) is 3.06. The predicted molar refractivity (Wildman–Crippen MR) is 56.2 cm³/mol. The van der Waals surface area contributed by atoms with Gasteiger partial charge in [-0.05, 0) is 6.92 Å². The van der Waals surface area contributed by atoms with E-state index in [1.807, 2.05) is 6.92 Å². The minimum atomic E-state index is -0.839. The zero-order valence-corrected chi connectivity index (χ0v) is 9.30. The number of rotatable bonds is 4. The topological polar surface area (TPSA) is 113 Å². The number of carbonyl (C=O) groups is 2. The summed E-state index contributed by atoms with van der Waals surface area (Å²) in [4.78, 5) is 22.4. The molecule has 0 aliphatic carbocycles. The van der Waals surface area contributed by atoms with E-state index < -0.39 is 11.8 Å². The van der Waals surface area contributed by atoms with Crippen molar-refractivity contribution in [3.63, 3.8) is 0 Å². The van der Waals surface area contributed by atoms with Crippen LogP contribution in [0.3, 0.4) is 0 Å². The highest BCUT2D eigenvalue weighted by Crippen LogP contribution is 1.93. The summed E-state index contributed by atoms with van der Waals surface area (Å²) in [7, 11) is 0. The van der Waals surface area contributed by atoms with E-state index in [4.69, 9.17) is 5.26 Å². The van der Waals surface area contributed by atoms with Crippen LogP contribution in [0.2, 0.25) is 0 Å². The fourth-order valence-electron chi connectivity index (χ4n) is 1.12. The van der Waals surface area contributed by atoms with Crippen molar-refractivity contribution in [3.05, 3.63) is 12.2 Å². The quantitative estimate of drug-likeness (QED) is 0.490. The van der Waals surface area contributed by atoms with Gasteiger partial charge in [0.25, 0.3) is 0 Å². The molecule has 2 N–H and O–H groups in total. The summed E-state index contributed by atoms with van der Waals surface area (Å²) in [5.74, 6) is -1.08. The number of nitriles is 1. The first kappa shape index (κ1) is 12.6. The minimum absolute atomic E-state index is 0.118. The number of aromatic nitrogens is 3. The second-order valence-electron chi connectivity index (χ2n) is 3.06. The summed E-state index contributed by atoms with van der Waals surface area (Å²) >= 11 is 0. The van der Waals surface area contributed by atoms with Gasteiger partial charge in [0.1, 0.15) is 12.9 Å². The Kier molecular flexibility index (Phi) is 4.62. The lowest BCUT2D eigenvalue weighted by Gasteiger charge is -2.05. The highest BCUT2D eigenvalue weighted by atomic mass is 16.2. The van der Waals surface area contributed by atoms with Gasteiger partial charge in [-0.2, -0.15) is 5.26 Å². The summed E-state index contributed by atoms with van der Waals surface area (Å²) in [6, 6.07) is 1.70. The van der Waals surface area contributed by atoms with Crippen LogP contribution in [-0.4, -0.2) is 33.1 Å². The monoisotopic (exact) mass is 236 g/mol. The van der Waals surface area contributed by atoms with Gasteiger partial charge < -0.3 is 15.2 Å². The molecule has 0 spiro atoms. The second kappa shape index (κ2) is 6.22. The van der Waals surface area contributed by atoms with Crippen LogP contribution in [0.15, 0.2) is 6.33 Å². The van der Waals surface area contributed by atoms with Crippen LogP contribution >= 0.6 is 0 Å². The van der Waals surface area contributed by atoms with E-state index in [9.17, 15) is 9.59 Å². The summed E-state index contributed by atoms with van der Waals surface area (Å²) < 4.78 is 1.74. The Labute approximate surface area is 97.6 Å². The third-order valence-electron chi connectivity index (χ3n) is 1.98. The molecule has 8 heteroatoms. The molecule has 1 heterocycles. The van der Waals surface area contributed by atoms with E-state index in [2.05, 4.69) is 20.8 Å². The lowest BCUT2D eigenvalue weighted by Crippen LogP contribution is -2.40. The molecular weight excluding hydrogens is 224 g/mol. The van der Waals surface area contributed by atoms with Crippen LogP contribution < -0.4 is 10.6 Å². The Morgan fingerprint density at radius 2 is 2.18 bits per heavy atom. The van der Waals surface area contributed by atoms with Crippen molar-refractivity contribution in [2.45, 2.75) is 20.0 Å². The molecule has 0 aliphatic rings. The summed E-state index contributed by atoms with van der Waals surface area (Å²) in [5.41, 5.74) is 0. The molecule has 8 nitrogen and oxygen atoms in total. The Balaban J connectivity index is 2.43. The third kappa shape index (κ3) is 3.57. The zero-order chi connectivity index (χ0) is 12.7. The molecule has 1 aromatic heterocycles. The molecule has 0 atom stereocenters. The van der Waals surface area contributed by atoms with E-state index in [1.54, 1.807) is 10.6 Å². The van der Waals surface area contributed by atoms with Crippen molar-refractivity contribution >= 4 is 11.8 Å². The first-order valence-corrected chi connectivity index (χ1v) is 4.98. The van der Waals surface area contributed by atoms with E-state index in [1.165, 1.54) is 6.33 Å². The Bertz CT molecular complexity index is 447. The molecule has 17 heavy (non-hydrogen) atoms. The molecule has 0 bridgehead atoms. The largest absolute Gasteiger partial charge is 0.341 e. The number of nitrogens with one attached hydrogen (secondary N) is 2. The molecule has 2 amide bonds. The van der Waals surface area contributed by atoms with Crippen LogP contribution in [0.1, 0.15) is 12.7 Å². The van der Waals surface area contributed by atoms with E-state index in [0.717, 1.165) is 0 Å². The highest BCUT2D eigenvalue weighted by Gasteiger charge is 2.13. The van der Waals surface area contributed by atoms with Gasteiger partial charge in [0.05, 0.1) is 12.6 Å².